The first-order chi connectivity index (χ1) is 7.45. The van der Waals surface area contributed by atoms with E-state index in [9.17, 15) is 9.59 Å². The Kier molecular flexibility index (Phi) is 24.1. The van der Waals surface area contributed by atoms with Crippen molar-refractivity contribution in [3.63, 3.8) is 0 Å². The molecule has 0 aliphatic heterocycles. The first-order valence-corrected chi connectivity index (χ1v) is 5.00. The number of hydrogen-bond donors (Lipinski definition) is 4. The van der Waals surface area contributed by atoms with E-state index in [-0.39, 0.29) is 0 Å². The van der Waals surface area contributed by atoms with Gasteiger partial charge >= 0.3 is 11.9 Å². The predicted molar refractivity (Wildman–Crippen MR) is 63.1 cm³/mol. The molecule has 0 spiro atoms. The maximum Gasteiger partial charge on any atom is 0.328 e. The van der Waals surface area contributed by atoms with E-state index in [1.807, 2.05) is 0 Å². The summed E-state index contributed by atoms with van der Waals surface area (Å²) >= 11 is 0. The molecule has 0 aliphatic carbocycles. The van der Waals surface area contributed by atoms with Crippen LogP contribution in [0, 0.1) is 0 Å². The smallest absolute Gasteiger partial charge is 0.328 e. The average molecular weight is 234 g/mol. The molecule has 0 amide bonds. The summed E-state index contributed by atoms with van der Waals surface area (Å²) in [7, 11) is 0. The quantitative estimate of drug-likeness (QED) is 0.522. The molecule has 6 N–H and O–H groups in total. The third kappa shape index (κ3) is 54.1. The van der Waals surface area contributed by atoms with Crippen LogP contribution in [0.15, 0.2) is 12.2 Å². The summed E-state index contributed by atoms with van der Waals surface area (Å²) in [5.41, 5.74) is 10.1. The molecule has 0 rings (SSSR count). The van der Waals surface area contributed by atoms with Crippen LogP contribution in [0.3, 0.4) is 0 Å². The maximum absolute atomic E-state index is 9.55. The van der Waals surface area contributed by atoms with E-state index in [0.29, 0.717) is 12.2 Å². The van der Waals surface area contributed by atoms with Gasteiger partial charge in [-0.25, -0.2) is 9.59 Å². The van der Waals surface area contributed by atoms with E-state index in [4.69, 9.17) is 21.7 Å². The van der Waals surface area contributed by atoms with Crippen molar-refractivity contribution >= 4 is 11.9 Å². The lowest BCUT2D eigenvalue weighted by molar-refractivity contribution is -0.134. The van der Waals surface area contributed by atoms with Gasteiger partial charge in [0, 0.05) is 12.2 Å². The van der Waals surface area contributed by atoms with Crippen LogP contribution in [-0.4, -0.2) is 35.2 Å². The summed E-state index contributed by atoms with van der Waals surface area (Å²) in [6, 6.07) is 0. The first kappa shape index (κ1) is 20.1. The van der Waals surface area contributed by atoms with Crippen LogP contribution in [0.1, 0.15) is 26.7 Å². The monoisotopic (exact) mass is 234 g/mol. The highest BCUT2D eigenvalue weighted by atomic mass is 16.4. The van der Waals surface area contributed by atoms with Crippen molar-refractivity contribution < 1.29 is 19.8 Å². The van der Waals surface area contributed by atoms with Gasteiger partial charge < -0.3 is 21.7 Å². The average Bonchev–Trinajstić information content (AvgIpc) is 2.27. The number of carbonyl (C=O) groups is 2. The van der Waals surface area contributed by atoms with Crippen molar-refractivity contribution in [1.29, 1.82) is 0 Å². The fourth-order valence-electron chi connectivity index (χ4n) is 0.143. The van der Waals surface area contributed by atoms with E-state index < -0.39 is 11.9 Å². The highest BCUT2D eigenvalue weighted by molar-refractivity contribution is 5.89. The normalized spacial score (nSPS) is 8.50. The Morgan fingerprint density at radius 1 is 0.938 bits per heavy atom. The van der Waals surface area contributed by atoms with Crippen molar-refractivity contribution in [1.82, 2.24) is 0 Å². The molecule has 0 heterocycles. The number of carboxylic acid groups (broad SMARTS) is 2. The molecule has 0 unspecified atom stereocenters. The molecule has 0 radical (unpaired) electrons. The first-order valence-electron chi connectivity index (χ1n) is 5.00. The fourth-order valence-corrected chi connectivity index (χ4v) is 0.143. The van der Waals surface area contributed by atoms with Crippen LogP contribution < -0.4 is 11.5 Å². The molecule has 0 fully saturated rings. The van der Waals surface area contributed by atoms with Gasteiger partial charge in [-0.2, -0.15) is 0 Å². The molecule has 0 saturated carbocycles. The lowest BCUT2D eigenvalue weighted by Crippen LogP contribution is -1.93. The van der Waals surface area contributed by atoms with Crippen LogP contribution in [-0.2, 0) is 9.59 Å². The highest BCUT2D eigenvalue weighted by Crippen LogP contribution is 1.70. The van der Waals surface area contributed by atoms with Crippen molar-refractivity contribution in [3.05, 3.63) is 12.2 Å². The standard InChI is InChI=1S/C4H4O4.2C3H9N/c5-3(6)1-2-4(7)8;2*1-2-3-4/h1-2H,(H,5,6)(H,7,8);2*2-4H2,1H3/b2-1+;;. The van der Waals surface area contributed by atoms with Crippen molar-refractivity contribution in [2.75, 3.05) is 13.1 Å². The molecular formula is C10H22N2O4. The number of carboxylic acids is 2. The molecule has 0 aromatic rings. The number of hydrogen-bond acceptors (Lipinski definition) is 4. The van der Waals surface area contributed by atoms with Gasteiger partial charge in [0.2, 0.25) is 0 Å². The molecule has 6 nitrogen and oxygen atoms in total. The van der Waals surface area contributed by atoms with Crippen LogP contribution in [0.2, 0.25) is 0 Å². The minimum atomic E-state index is -1.26. The van der Waals surface area contributed by atoms with E-state index in [1.54, 1.807) is 0 Å². The van der Waals surface area contributed by atoms with Gasteiger partial charge in [0.15, 0.2) is 0 Å². The fraction of sp³-hybridized carbons (Fsp3) is 0.600. The topological polar surface area (TPSA) is 127 Å². The van der Waals surface area contributed by atoms with Gasteiger partial charge in [0.25, 0.3) is 0 Å². The summed E-state index contributed by atoms with van der Waals surface area (Å²) in [6.07, 6.45) is 3.31. The second-order valence-corrected chi connectivity index (χ2v) is 2.59. The van der Waals surface area contributed by atoms with Crippen LogP contribution in [0.4, 0.5) is 0 Å². The Morgan fingerprint density at radius 2 is 1.12 bits per heavy atom. The Labute approximate surface area is 95.9 Å². The molecule has 0 saturated heterocycles. The number of nitrogens with two attached hydrogens (primary N) is 2. The molecule has 16 heavy (non-hydrogen) atoms. The minimum absolute atomic E-state index is 0.558. The lowest BCUT2D eigenvalue weighted by atomic mass is 10.5. The largest absolute Gasteiger partial charge is 0.478 e. The Hall–Kier alpha value is -1.40. The second kappa shape index (κ2) is 19.2. The molecule has 0 aromatic heterocycles. The Balaban J connectivity index is -0.000000179. The van der Waals surface area contributed by atoms with Gasteiger partial charge in [-0.05, 0) is 25.9 Å². The molecule has 0 aliphatic rings. The zero-order valence-electron chi connectivity index (χ0n) is 9.85. The summed E-state index contributed by atoms with van der Waals surface area (Å²) in [5.74, 6) is -2.51. The molecule has 0 bridgehead atoms. The van der Waals surface area contributed by atoms with Crippen LogP contribution >= 0.6 is 0 Å². The van der Waals surface area contributed by atoms with Gasteiger partial charge in [-0.15, -0.1) is 0 Å². The van der Waals surface area contributed by atoms with Crippen molar-refractivity contribution in [2.45, 2.75) is 26.7 Å². The summed E-state index contributed by atoms with van der Waals surface area (Å²) in [6.45, 7) is 5.75. The van der Waals surface area contributed by atoms with Crippen molar-refractivity contribution in [2.24, 2.45) is 11.5 Å². The third-order valence-electron chi connectivity index (χ3n) is 0.946. The van der Waals surface area contributed by atoms with E-state index in [1.165, 1.54) is 0 Å². The molecule has 0 aromatic carbocycles. The molecular weight excluding hydrogens is 212 g/mol. The minimum Gasteiger partial charge on any atom is -0.478 e. The Morgan fingerprint density at radius 3 is 1.19 bits per heavy atom. The van der Waals surface area contributed by atoms with Gasteiger partial charge in [-0.1, -0.05) is 13.8 Å². The zero-order valence-corrected chi connectivity index (χ0v) is 9.85. The summed E-state index contributed by atoms with van der Waals surface area (Å²) in [4.78, 5) is 19.1. The van der Waals surface area contributed by atoms with E-state index in [0.717, 1.165) is 25.9 Å². The highest BCUT2D eigenvalue weighted by Gasteiger charge is 1.88. The zero-order chi connectivity index (χ0) is 13.4. The number of aliphatic carboxylic acids is 2. The van der Waals surface area contributed by atoms with E-state index in [2.05, 4.69) is 13.8 Å². The SMILES string of the molecule is CCCN.CCCN.O=C(O)/C=C/C(=O)O. The van der Waals surface area contributed by atoms with Crippen LogP contribution in [0.5, 0.6) is 0 Å². The maximum atomic E-state index is 9.55. The van der Waals surface area contributed by atoms with Gasteiger partial charge in [0.1, 0.15) is 0 Å². The lowest BCUT2D eigenvalue weighted by Gasteiger charge is -1.74. The second-order valence-electron chi connectivity index (χ2n) is 2.59. The van der Waals surface area contributed by atoms with Gasteiger partial charge in [0.05, 0.1) is 0 Å². The van der Waals surface area contributed by atoms with Crippen molar-refractivity contribution in [3.8, 4) is 0 Å². The molecule has 6 heteroatoms. The van der Waals surface area contributed by atoms with Crippen LogP contribution in [0.25, 0.3) is 0 Å². The van der Waals surface area contributed by atoms with E-state index >= 15 is 0 Å². The number of rotatable bonds is 4. The third-order valence-corrected chi connectivity index (χ3v) is 0.946. The predicted octanol–water partition coefficient (Wildman–Crippen LogP) is 0.422. The summed E-state index contributed by atoms with van der Waals surface area (Å²) < 4.78 is 0. The molecule has 0 atom stereocenters. The van der Waals surface area contributed by atoms with Gasteiger partial charge in [-0.3, -0.25) is 0 Å². The molecule has 96 valence electrons. The summed E-state index contributed by atoms with van der Waals surface area (Å²) in [5, 5.41) is 15.6. The Bertz CT molecular complexity index is 169.